The van der Waals surface area contributed by atoms with E-state index >= 15 is 0 Å². The zero-order chi connectivity index (χ0) is 13.7. The topological polar surface area (TPSA) is 45.5 Å². The number of hydrogen-bond acceptors (Lipinski definition) is 4. The van der Waals surface area contributed by atoms with Crippen molar-refractivity contribution in [3.05, 3.63) is 29.8 Å². The maximum Gasteiger partial charge on any atom is 0.119 e. The van der Waals surface area contributed by atoms with E-state index < -0.39 is 0 Å². The molecule has 19 heavy (non-hydrogen) atoms. The first kappa shape index (κ1) is 13.9. The van der Waals surface area contributed by atoms with Crippen molar-refractivity contribution >= 4 is 0 Å². The van der Waals surface area contributed by atoms with E-state index in [0.29, 0.717) is 13.2 Å². The predicted octanol–water partition coefficient (Wildman–Crippen LogP) is 1.71. The van der Waals surface area contributed by atoms with E-state index in [2.05, 4.69) is 30.1 Å². The SMILES string of the molecule is COc1cccc(CCN(C)CC2(C#N)COC2)c1. The molecule has 4 heteroatoms. The highest BCUT2D eigenvalue weighted by atomic mass is 16.5. The minimum absolute atomic E-state index is 0.289. The summed E-state index contributed by atoms with van der Waals surface area (Å²) in [6.45, 7) is 2.82. The summed E-state index contributed by atoms with van der Waals surface area (Å²) in [5.74, 6) is 0.890. The van der Waals surface area contributed by atoms with Gasteiger partial charge >= 0.3 is 0 Å². The van der Waals surface area contributed by atoms with Crippen molar-refractivity contribution in [1.82, 2.24) is 4.90 Å². The third-order valence-electron chi connectivity index (χ3n) is 3.48. The second kappa shape index (κ2) is 6.05. The summed E-state index contributed by atoms with van der Waals surface area (Å²) in [4.78, 5) is 2.20. The molecule has 1 fully saturated rings. The van der Waals surface area contributed by atoms with Crippen LogP contribution in [0.3, 0.4) is 0 Å². The maximum atomic E-state index is 9.17. The molecule has 0 aliphatic carbocycles. The van der Waals surface area contributed by atoms with Gasteiger partial charge in [0.25, 0.3) is 0 Å². The molecule has 0 atom stereocenters. The maximum absolute atomic E-state index is 9.17. The van der Waals surface area contributed by atoms with Gasteiger partial charge < -0.3 is 14.4 Å². The first-order valence-electron chi connectivity index (χ1n) is 6.48. The van der Waals surface area contributed by atoms with Crippen LogP contribution in [0.25, 0.3) is 0 Å². The number of nitrogens with zero attached hydrogens (tertiary/aromatic N) is 2. The van der Waals surface area contributed by atoms with Gasteiger partial charge in [0, 0.05) is 13.1 Å². The Hall–Kier alpha value is -1.57. The van der Waals surface area contributed by atoms with Gasteiger partial charge in [-0.25, -0.2) is 0 Å². The Morgan fingerprint density at radius 1 is 1.47 bits per heavy atom. The number of nitriles is 1. The summed E-state index contributed by atoms with van der Waals surface area (Å²) >= 11 is 0. The summed E-state index contributed by atoms with van der Waals surface area (Å²) in [5, 5.41) is 9.17. The van der Waals surface area contributed by atoms with E-state index in [9.17, 15) is 0 Å². The van der Waals surface area contributed by atoms with Gasteiger partial charge in [-0.1, -0.05) is 12.1 Å². The van der Waals surface area contributed by atoms with Gasteiger partial charge in [0.15, 0.2) is 0 Å². The van der Waals surface area contributed by atoms with Crippen LogP contribution in [0, 0.1) is 16.7 Å². The number of hydrogen-bond donors (Lipinski definition) is 0. The highest BCUT2D eigenvalue weighted by molar-refractivity contribution is 5.28. The minimum Gasteiger partial charge on any atom is -0.497 e. The predicted molar refractivity (Wildman–Crippen MR) is 73.1 cm³/mol. The van der Waals surface area contributed by atoms with Gasteiger partial charge in [-0.15, -0.1) is 0 Å². The number of rotatable bonds is 6. The molecule has 1 aliphatic heterocycles. The first-order chi connectivity index (χ1) is 9.17. The first-order valence-corrected chi connectivity index (χ1v) is 6.48. The van der Waals surface area contributed by atoms with Crippen molar-refractivity contribution in [2.45, 2.75) is 6.42 Å². The second-order valence-electron chi connectivity index (χ2n) is 5.22. The molecule has 1 heterocycles. The summed E-state index contributed by atoms with van der Waals surface area (Å²) in [6, 6.07) is 10.5. The molecule has 102 valence electrons. The molecule has 0 saturated carbocycles. The molecule has 0 bridgehead atoms. The van der Waals surface area contributed by atoms with Gasteiger partial charge in [0.1, 0.15) is 11.2 Å². The largest absolute Gasteiger partial charge is 0.497 e. The van der Waals surface area contributed by atoms with Crippen LogP contribution < -0.4 is 4.74 Å². The molecule has 0 N–H and O–H groups in total. The molecule has 0 radical (unpaired) electrons. The van der Waals surface area contributed by atoms with E-state index in [0.717, 1.165) is 25.3 Å². The average molecular weight is 260 g/mol. The molecule has 1 aliphatic rings. The molecule has 0 aromatic heterocycles. The highest BCUT2D eigenvalue weighted by Crippen LogP contribution is 2.27. The summed E-state index contributed by atoms with van der Waals surface area (Å²) < 4.78 is 10.4. The van der Waals surface area contributed by atoms with E-state index in [-0.39, 0.29) is 5.41 Å². The van der Waals surface area contributed by atoms with Crippen LogP contribution in [0.1, 0.15) is 5.56 Å². The molecule has 1 aromatic rings. The van der Waals surface area contributed by atoms with Gasteiger partial charge in [0.2, 0.25) is 0 Å². The summed E-state index contributed by atoms with van der Waals surface area (Å²) in [5.41, 5.74) is 0.963. The molecular formula is C15H20N2O2. The summed E-state index contributed by atoms with van der Waals surface area (Å²) in [7, 11) is 3.73. The molecule has 1 aromatic carbocycles. The lowest BCUT2D eigenvalue weighted by Gasteiger charge is -2.38. The minimum atomic E-state index is -0.289. The van der Waals surface area contributed by atoms with Crippen molar-refractivity contribution in [2.24, 2.45) is 5.41 Å². The van der Waals surface area contributed by atoms with Crippen LogP contribution in [0.4, 0.5) is 0 Å². The fourth-order valence-corrected chi connectivity index (χ4v) is 2.28. The van der Waals surface area contributed by atoms with Gasteiger partial charge in [0.05, 0.1) is 26.4 Å². The Morgan fingerprint density at radius 2 is 2.26 bits per heavy atom. The van der Waals surface area contributed by atoms with Crippen LogP contribution in [-0.4, -0.2) is 45.4 Å². The van der Waals surface area contributed by atoms with Crippen molar-refractivity contribution in [1.29, 1.82) is 5.26 Å². The third kappa shape index (κ3) is 3.46. The van der Waals surface area contributed by atoms with Gasteiger partial charge in [-0.3, -0.25) is 0 Å². The third-order valence-corrected chi connectivity index (χ3v) is 3.48. The molecule has 1 saturated heterocycles. The quantitative estimate of drug-likeness (QED) is 0.781. The monoisotopic (exact) mass is 260 g/mol. The average Bonchev–Trinajstić information content (AvgIpc) is 2.41. The van der Waals surface area contributed by atoms with Gasteiger partial charge in [-0.05, 0) is 31.2 Å². The lowest BCUT2D eigenvalue weighted by molar-refractivity contribution is -0.0886. The van der Waals surface area contributed by atoms with Crippen molar-refractivity contribution < 1.29 is 9.47 Å². The van der Waals surface area contributed by atoms with E-state index in [4.69, 9.17) is 14.7 Å². The second-order valence-corrected chi connectivity index (χ2v) is 5.22. The Balaban J connectivity index is 1.83. The van der Waals surface area contributed by atoms with Crippen LogP contribution in [0.5, 0.6) is 5.75 Å². The standard InChI is InChI=1S/C15H20N2O2/c1-17(10-15(9-16)11-19-12-15)7-6-13-4-3-5-14(8-13)18-2/h3-5,8H,6-7,10-12H2,1-2H3. The number of benzene rings is 1. The molecule has 0 spiro atoms. The Kier molecular flexibility index (Phi) is 4.41. The summed E-state index contributed by atoms with van der Waals surface area (Å²) in [6.07, 6.45) is 0.954. The normalized spacial score (nSPS) is 16.7. The van der Waals surface area contributed by atoms with Crippen LogP contribution in [-0.2, 0) is 11.2 Å². The molecule has 0 amide bonds. The zero-order valence-electron chi connectivity index (χ0n) is 11.6. The molecule has 4 nitrogen and oxygen atoms in total. The van der Waals surface area contributed by atoms with Crippen molar-refractivity contribution in [3.63, 3.8) is 0 Å². The van der Waals surface area contributed by atoms with E-state index in [1.54, 1.807) is 7.11 Å². The molecular weight excluding hydrogens is 240 g/mol. The number of methoxy groups -OCH3 is 1. The van der Waals surface area contributed by atoms with Crippen LogP contribution >= 0.6 is 0 Å². The Bertz CT molecular complexity index is 463. The highest BCUT2D eigenvalue weighted by Gasteiger charge is 2.39. The van der Waals surface area contributed by atoms with Crippen molar-refractivity contribution in [3.8, 4) is 11.8 Å². The molecule has 2 rings (SSSR count). The van der Waals surface area contributed by atoms with Crippen LogP contribution in [0.2, 0.25) is 0 Å². The lowest BCUT2D eigenvalue weighted by atomic mass is 9.87. The zero-order valence-corrected chi connectivity index (χ0v) is 11.6. The molecule has 0 unspecified atom stereocenters. The Labute approximate surface area is 114 Å². The smallest absolute Gasteiger partial charge is 0.119 e. The van der Waals surface area contributed by atoms with E-state index in [1.165, 1.54) is 5.56 Å². The Morgan fingerprint density at radius 3 is 2.84 bits per heavy atom. The van der Waals surface area contributed by atoms with Crippen LogP contribution in [0.15, 0.2) is 24.3 Å². The number of ether oxygens (including phenoxy) is 2. The van der Waals surface area contributed by atoms with Gasteiger partial charge in [-0.2, -0.15) is 5.26 Å². The fraction of sp³-hybridized carbons (Fsp3) is 0.533. The van der Waals surface area contributed by atoms with E-state index in [1.807, 2.05) is 12.1 Å². The van der Waals surface area contributed by atoms with Crippen molar-refractivity contribution in [2.75, 3.05) is 40.5 Å². The number of likely N-dealkylation sites (N-methyl/N-ethyl adjacent to an activating group) is 1. The lowest BCUT2D eigenvalue weighted by Crippen LogP contribution is -2.49. The fourth-order valence-electron chi connectivity index (χ4n) is 2.28.